The van der Waals surface area contributed by atoms with Crippen LogP contribution < -0.4 is 74.9 Å². The molecule has 548 valence electrons. The predicted molar refractivity (Wildman–Crippen MR) is 356 cm³/mol. The minimum absolute atomic E-state index is 0.0250. The van der Waals surface area contributed by atoms with E-state index in [4.69, 9.17) is 5.73 Å². The van der Waals surface area contributed by atoms with Gasteiger partial charge < -0.3 is 90.0 Å². The van der Waals surface area contributed by atoms with Crippen molar-refractivity contribution >= 4 is 88.7 Å². The van der Waals surface area contributed by atoms with Gasteiger partial charge in [0, 0.05) is 24.7 Å². The maximum atomic E-state index is 14.6. The van der Waals surface area contributed by atoms with Crippen molar-refractivity contribution in [3.8, 4) is 0 Å². The topological polar surface area (TPSA) is 508 Å². The van der Waals surface area contributed by atoms with Crippen molar-refractivity contribution in [2.24, 2.45) is 47.2 Å². The monoisotopic (exact) mass is 1370 g/mol. The number of aromatic nitrogens is 2. The molecule has 0 aliphatic rings. The van der Waals surface area contributed by atoms with Crippen LogP contribution in [0.2, 0.25) is 0 Å². The number of rotatable bonds is 44. The Kier molecular flexibility index (Phi) is 38.0. The minimum atomic E-state index is -1.64. The molecule has 1 aromatic heterocycles. The molecule has 0 aliphatic carbocycles. The lowest BCUT2D eigenvalue weighted by molar-refractivity contribution is -0.143. The number of amides is 13. The number of carbonyl (C=O) groups excluding carboxylic acids is 13. The molecule has 0 radical (unpaired) electrons. The molecule has 0 fully saturated rings. The third kappa shape index (κ3) is 32.7. The van der Waals surface area contributed by atoms with E-state index in [2.05, 4.69) is 79.1 Å². The quantitative estimate of drug-likeness (QED) is 0.0350. The van der Waals surface area contributed by atoms with Gasteiger partial charge in [-0.2, -0.15) is 0 Å². The molecule has 1 aromatic rings. The zero-order valence-corrected chi connectivity index (χ0v) is 59.2. The summed E-state index contributed by atoms with van der Waals surface area (Å²) >= 11 is 0. The Labute approximate surface area is 568 Å². The van der Waals surface area contributed by atoms with Gasteiger partial charge >= 0.3 is 11.9 Å². The zero-order valence-electron chi connectivity index (χ0n) is 59.2. The summed E-state index contributed by atoms with van der Waals surface area (Å²) in [4.78, 5) is 208. The lowest BCUT2D eigenvalue weighted by atomic mass is 9.96. The molecule has 0 aliphatic heterocycles. The van der Waals surface area contributed by atoms with Crippen LogP contribution in [0, 0.1) is 41.4 Å². The number of hydrogen-bond donors (Lipinski definition) is 17. The van der Waals surface area contributed by atoms with Gasteiger partial charge in [-0.1, -0.05) is 103 Å². The van der Waals surface area contributed by atoms with Crippen molar-refractivity contribution in [2.45, 2.75) is 242 Å². The van der Waals surface area contributed by atoms with Gasteiger partial charge in [0.15, 0.2) is 0 Å². The highest BCUT2D eigenvalue weighted by atomic mass is 16.4. The molecule has 1 rings (SSSR count). The highest BCUT2D eigenvalue weighted by Crippen LogP contribution is 2.16. The third-order valence-electron chi connectivity index (χ3n) is 15.3. The molecule has 18 N–H and O–H groups in total. The number of aromatic amines is 1. The molecular formula is C64H110N16O17. The maximum Gasteiger partial charge on any atom is 0.326 e. The van der Waals surface area contributed by atoms with Crippen LogP contribution >= 0.6 is 0 Å². The van der Waals surface area contributed by atoms with E-state index in [0.717, 1.165) is 0 Å². The standard InChI is InChI=1S/C64H110N16O17/c1-18-36(14)52(78-48(82)28-67-47(81)27-68-54(86)38(16)70-53(85)37(15)65)63(95)77-44(23-32(6)7)59(91)76-46(25-40-26-66-29-69-40)60(92)74-42(21-30(2)3)57(89)72-41(19-20-49(83)84)56(88)73-43(22-31(4)5)58(90)75-45(24-33(8)9)61(93)79-50(34(10)11)62(94)71-39(17)55(87)80-51(35(12)13)64(96)97/h26,29-39,41-46,50-52H,18-25,27-28,65H2,1-17H3,(H,66,69)(H,67,81)(H,68,86)(H,70,85)(H,71,94)(H,72,89)(H,73,88)(H,74,92)(H,75,90)(H,76,91)(H,77,95)(H,78,82)(H,79,93)(H,80,87)(H,83,84)(H,96,97)/t36-,37-,38-,39-,41-,42-,43-,44-,45-,46-,50-,51-,52-/m0/s1. The Morgan fingerprint density at radius 2 is 0.804 bits per heavy atom. The summed E-state index contributed by atoms with van der Waals surface area (Å²) in [5.41, 5.74) is 5.89. The summed E-state index contributed by atoms with van der Waals surface area (Å²) < 4.78 is 0. The van der Waals surface area contributed by atoms with Crippen molar-refractivity contribution in [3.05, 3.63) is 18.2 Å². The smallest absolute Gasteiger partial charge is 0.326 e. The second-order valence-electron chi connectivity index (χ2n) is 27.1. The van der Waals surface area contributed by atoms with E-state index in [1.165, 1.54) is 33.3 Å². The lowest BCUT2D eigenvalue weighted by Crippen LogP contribution is -2.61. The average molecular weight is 1380 g/mol. The molecule has 0 aromatic carbocycles. The zero-order chi connectivity index (χ0) is 74.3. The fraction of sp³-hybridized carbons (Fsp3) is 0.719. The molecular weight excluding hydrogens is 1260 g/mol. The van der Waals surface area contributed by atoms with E-state index in [-0.39, 0.29) is 55.8 Å². The first kappa shape index (κ1) is 86.2. The highest BCUT2D eigenvalue weighted by molar-refractivity contribution is 5.99. The number of carboxylic acids is 2. The van der Waals surface area contributed by atoms with E-state index < -0.39 is 205 Å². The minimum Gasteiger partial charge on any atom is -0.481 e. The Bertz CT molecular complexity index is 2830. The van der Waals surface area contributed by atoms with Crippen LogP contribution in [0.4, 0.5) is 0 Å². The SMILES string of the molecule is CC[C@H](C)[C@H](NC(=O)CNC(=O)CNC(=O)[C@H](C)NC(=O)[C@H](C)N)C(=O)N[C@@H](CC(C)C)C(=O)N[C@@H](Cc1cnc[nH]1)C(=O)N[C@@H](CC(C)C)C(=O)N[C@@H](CCC(=O)O)C(=O)N[C@@H](CC(C)C)C(=O)N[C@@H](CC(C)C)C(=O)N[C@H](C(=O)N[C@@H](C)C(=O)N[C@H](C(=O)O)C(C)C)C(C)C. The Morgan fingerprint density at radius 1 is 0.423 bits per heavy atom. The van der Waals surface area contributed by atoms with E-state index in [1.807, 2.05) is 0 Å². The molecule has 0 unspecified atom stereocenters. The molecule has 1 heterocycles. The first-order chi connectivity index (χ1) is 45.1. The fourth-order valence-electron chi connectivity index (χ4n) is 9.64. The highest BCUT2D eigenvalue weighted by Gasteiger charge is 2.38. The normalized spacial score (nSPS) is 15.4. The molecule has 0 bridgehead atoms. The van der Waals surface area contributed by atoms with Gasteiger partial charge in [-0.05, 0) is 94.3 Å². The van der Waals surface area contributed by atoms with Crippen molar-refractivity contribution in [3.63, 3.8) is 0 Å². The Morgan fingerprint density at radius 3 is 1.22 bits per heavy atom. The van der Waals surface area contributed by atoms with Gasteiger partial charge in [0.1, 0.15) is 66.5 Å². The number of nitrogens with two attached hydrogens (primary N) is 1. The number of carboxylic acid groups (broad SMARTS) is 2. The van der Waals surface area contributed by atoms with E-state index in [9.17, 15) is 82.1 Å². The van der Waals surface area contributed by atoms with Crippen LogP contribution in [0.3, 0.4) is 0 Å². The molecule has 33 heteroatoms. The molecule has 13 amide bonds. The second-order valence-corrected chi connectivity index (χ2v) is 27.1. The first-order valence-corrected chi connectivity index (χ1v) is 33.1. The van der Waals surface area contributed by atoms with Gasteiger partial charge in [0.25, 0.3) is 0 Å². The Hall–Kier alpha value is -8.78. The van der Waals surface area contributed by atoms with Gasteiger partial charge in [0.2, 0.25) is 76.8 Å². The van der Waals surface area contributed by atoms with Crippen LogP contribution in [0.5, 0.6) is 0 Å². The summed E-state index contributed by atoms with van der Waals surface area (Å²) in [5, 5.41) is 52.6. The second kappa shape index (κ2) is 42.7. The summed E-state index contributed by atoms with van der Waals surface area (Å²) in [7, 11) is 0. The maximum absolute atomic E-state index is 14.6. The molecule has 13 atom stereocenters. The average Bonchev–Trinajstić information content (AvgIpc) is 1.31. The lowest BCUT2D eigenvalue weighted by Gasteiger charge is -2.30. The number of aliphatic carboxylic acids is 2. The summed E-state index contributed by atoms with van der Waals surface area (Å²) in [6.45, 7) is 27.0. The predicted octanol–water partition coefficient (Wildman–Crippen LogP) is -1.60. The summed E-state index contributed by atoms with van der Waals surface area (Å²) in [6.07, 6.45) is 1.70. The number of hydrogen-bond acceptors (Lipinski definition) is 17. The number of H-pyrrole nitrogens is 1. The van der Waals surface area contributed by atoms with Crippen LogP contribution in [-0.2, 0) is 78.3 Å². The van der Waals surface area contributed by atoms with Crippen LogP contribution in [0.25, 0.3) is 0 Å². The van der Waals surface area contributed by atoms with Crippen LogP contribution in [0.1, 0.15) is 168 Å². The van der Waals surface area contributed by atoms with Crippen molar-refractivity contribution in [2.75, 3.05) is 13.1 Å². The van der Waals surface area contributed by atoms with Crippen molar-refractivity contribution in [1.82, 2.24) is 79.1 Å². The summed E-state index contributed by atoms with van der Waals surface area (Å²) in [5.74, 6) is -15.7. The largest absolute Gasteiger partial charge is 0.481 e. The van der Waals surface area contributed by atoms with Crippen molar-refractivity contribution in [1.29, 1.82) is 0 Å². The molecule has 0 saturated carbocycles. The third-order valence-corrected chi connectivity index (χ3v) is 15.3. The summed E-state index contributed by atoms with van der Waals surface area (Å²) in [6, 6.07) is -15.4. The number of imidazole rings is 1. The molecule has 97 heavy (non-hydrogen) atoms. The number of nitrogens with one attached hydrogen (secondary N) is 14. The number of carbonyl (C=O) groups is 15. The molecule has 0 spiro atoms. The first-order valence-electron chi connectivity index (χ1n) is 33.1. The fourth-order valence-corrected chi connectivity index (χ4v) is 9.64. The van der Waals surface area contributed by atoms with E-state index in [1.54, 1.807) is 96.9 Å². The van der Waals surface area contributed by atoms with Gasteiger partial charge in [-0.15, -0.1) is 0 Å². The van der Waals surface area contributed by atoms with Gasteiger partial charge in [-0.3, -0.25) is 67.1 Å². The van der Waals surface area contributed by atoms with Crippen LogP contribution in [0.15, 0.2) is 12.5 Å². The van der Waals surface area contributed by atoms with E-state index >= 15 is 0 Å². The molecule has 0 saturated heterocycles. The number of nitrogens with zero attached hydrogens (tertiary/aromatic N) is 1. The van der Waals surface area contributed by atoms with Gasteiger partial charge in [0.05, 0.1) is 25.5 Å². The van der Waals surface area contributed by atoms with Gasteiger partial charge in [-0.25, -0.2) is 9.78 Å². The van der Waals surface area contributed by atoms with Crippen LogP contribution in [-0.4, -0.2) is 195 Å². The molecule has 33 nitrogen and oxygen atoms in total. The van der Waals surface area contributed by atoms with Crippen molar-refractivity contribution < 1.29 is 82.1 Å². The Balaban J connectivity index is 3.53. The van der Waals surface area contributed by atoms with E-state index in [0.29, 0.717) is 12.1 Å².